The molecular weight excluding hydrogens is 82.0 g/mol. The van der Waals surface area contributed by atoms with E-state index in [1.165, 1.54) is 0 Å². The van der Waals surface area contributed by atoms with Crippen LogP contribution >= 0.6 is 0 Å². The van der Waals surface area contributed by atoms with Crippen LogP contribution in [0.1, 0.15) is 6.92 Å². The van der Waals surface area contributed by atoms with Crippen molar-refractivity contribution in [3.05, 3.63) is 0 Å². The van der Waals surface area contributed by atoms with Crippen molar-refractivity contribution in [1.82, 2.24) is 5.73 Å². The Labute approximate surface area is 35.1 Å². The van der Waals surface area contributed by atoms with E-state index in [0.717, 1.165) is 6.92 Å². The Morgan fingerprint density at radius 1 is 1.50 bits per heavy atom. The predicted octanol–water partition coefficient (Wildman–Crippen LogP) is -0.615. The highest BCUT2D eigenvalue weighted by molar-refractivity contribution is 6.34. The van der Waals surface area contributed by atoms with E-state index in [1.807, 2.05) is 0 Å². The number of carbonyl (C=O) groups is 2. The minimum absolute atomic E-state index is 0.713. The minimum Gasteiger partial charge on any atom is -0.289 e. The van der Waals surface area contributed by atoms with E-state index in [2.05, 4.69) is 0 Å². The number of Topliss-reactive ketones (excluding diaryl/α,β-unsaturated/α-hetero) is 1. The van der Waals surface area contributed by atoms with E-state index >= 15 is 0 Å². The average molecular weight is 86.1 g/mol. The largest absolute Gasteiger partial charge is 0.305 e. The van der Waals surface area contributed by atoms with Crippen LogP contribution in [0.4, 0.5) is 0 Å². The lowest BCUT2D eigenvalue weighted by molar-refractivity contribution is -0.135. The van der Waals surface area contributed by atoms with Gasteiger partial charge in [0.1, 0.15) is 0 Å². The fourth-order valence-corrected chi connectivity index (χ4v) is 0. The zero-order chi connectivity index (χ0) is 5.15. The maximum atomic E-state index is 9.61. The van der Waals surface area contributed by atoms with E-state index in [0.29, 0.717) is 0 Å². The first kappa shape index (κ1) is 5.14. The predicted molar refractivity (Wildman–Crippen MR) is 18.8 cm³/mol. The first-order chi connectivity index (χ1) is 2.64. The van der Waals surface area contributed by atoms with Crippen molar-refractivity contribution >= 4 is 11.7 Å². The summed E-state index contributed by atoms with van der Waals surface area (Å²) in [5, 5.41) is 0. The lowest BCUT2D eigenvalue weighted by atomic mass is 10.4. The Balaban J connectivity index is 3.57. The molecule has 0 heterocycles. The van der Waals surface area contributed by atoms with E-state index in [1.54, 1.807) is 0 Å². The van der Waals surface area contributed by atoms with Gasteiger partial charge in [-0.2, -0.15) is 0 Å². The molecule has 0 aliphatic rings. The number of nitrogens with one attached hydrogen (secondary N) is 1. The summed E-state index contributed by atoms with van der Waals surface area (Å²) in [5.41, 5.74) is 6.04. The molecule has 0 aliphatic carbocycles. The summed E-state index contributed by atoms with van der Waals surface area (Å²) < 4.78 is 0. The van der Waals surface area contributed by atoms with Crippen molar-refractivity contribution in [3.63, 3.8) is 0 Å². The zero-order valence-corrected chi connectivity index (χ0v) is 3.32. The van der Waals surface area contributed by atoms with Crippen LogP contribution in [-0.4, -0.2) is 11.7 Å². The third kappa shape index (κ3) is 1.46. The third-order valence-electron chi connectivity index (χ3n) is 0.320. The monoisotopic (exact) mass is 86.0 g/mol. The number of hydrogen-bond donors (Lipinski definition) is 0. The summed E-state index contributed by atoms with van der Waals surface area (Å²) >= 11 is 0. The van der Waals surface area contributed by atoms with Crippen LogP contribution in [0, 0.1) is 0 Å². The van der Waals surface area contributed by atoms with Gasteiger partial charge < -0.3 is 0 Å². The molecule has 0 fully saturated rings. The number of ketones is 1. The molecular formula is C3H4NO2. The van der Waals surface area contributed by atoms with Gasteiger partial charge in [-0.1, -0.05) is 0 Å². The molecule has 33 valence electrons. The smallest absolute Gasteiger partial charge is 0.289 e. The maximum absolute atomic E-state index is 9.61. The van der Waals surface area contributed by atoms with Gasteiger partial charge in [0.05, 0.1) is 0 Å². The molecule has 0 aromatic carbocycles. The molecule has 0 aromatic heterocycles. The number of hydrogen-bond acceptors (Lipinski definition) is 2. The van der Waals surface area contributed by atoms with Crippen LogP contribution in [0.3, 0.4) is 0 Å². The average Bonchev–Trinajstić information content (AvgIpc) is 1.36. The van der Waals surface area contributed by atoms with Gasteiger partial charge in [0, 0.05) is 6.92 Å². The summed E-state index contributed by atoms with van der Waals surface area (Å²) in [4.78, 5) is 19.1. The minimum atomic E-state index is -1.13. The van der Waals surface area contributed by atoms with Crippen LogP contribution in [0.2, 0.25) is 0 Å². The third-order valence-corrected chi connectivity index (χ3v) is 0.320. The number of carbonyl (C=O) groups excluding carboxylic acids is 2. The van der Waals surface area contributed by atoms with Crippen molar-refractivity contribution in [2.75, 3.05) is 0 Å². The van der Waals surface area contributed by atoms with Gasteiger partial charge in [-0.05, 0) is 0 Å². The lowest BCUT2D eigenvalue weighted by Gasteiger charge is -1.72. The Hall–Kier alpha value is -0.860. The second-order valence-corrected chi connectivity index (χ2v) is 0.885. The first-order valence-electron chi connectivity index (χ1n) is 1.41. The molecule has 0 rings (SSSR count). The second-order valence-electron chi connectivity index (χ2n) is 0.885. The van der Waals surface area contributed by atoms with Gasteiger partial charge >= 0.3 is 5.91 Å². The van der Waals surface area contributed by atoms with Crippen molar-refractivity contribution in [2.24, 2.45) is 0 Å². The molecule has 0 saturated carbocycles. The molecule has 1 radical (unpaired) electrons. The van der Waals surface area contributed by atoms with E-state index in [9.17, 15) is 9.59 Å². The van der Waals surface area contributed by atoms with Crippen molar-refractivity contribution in [2.45, 2.75) is 6.92 Å². The van der Waals surface area contributed by atoms with Crippen LogP contribution in [0.5, 0.6) is 0 Å². The van der Waals surface area contributed by atoms with Crippen LogP contribution in [0.15, 0.2) is 0 Å². The molecule has 0 saturated heterocycles. The number of amides is 1. The Kier molecular flexibility index (Phi) is 1.32. The highest BCUT2D eigenvalue weighted by Crippen LogP contribution is 1.60. The van der Waals surface area contributed by atoms with Crippen molar-refractivity contribution in [1.29, 1.82) is 0 Å². The fraction of sp³-hybridized carbons (Fsp3) is 0.333. The summed E-state index contributed by atoms with van der Waals surface area (Å²) in [6.45, 7) is 1.06. The van der Waals surface area contributed by atoms with Gasteiger partial charge in [0.15, 0.2) is 0 Å². The van der Waals surface area contributed by atoms with Crippen molar-refractivity contribution in [3.8, 4) is 0 Å². The zero-order valence-electron chi connectivity index (χ0n) is 3.32. The highest BCUT2D eigenvalue weighted by atomic mass is 16.2. The molecule has 0 bridgehead atoms. The molecule has 0 aromatic rings. The van der Waals surface area contributed by atoms with Gasteiger partial charge in [0.25, 0.3) is 0 Å². The van der Waals surface area contributed by atoms with E-state index < -0.39 is 11.7 Å². The first-order valence-corrected chi connectivity index (χ1v) is 1.41. The molecule has 1 N–H and O–H groups in total. The molecule has 0 atom stereocenters. The van der Waals surface area contributed by atoms with Gasteiger partial charge in [-0.15, -0.1) is 0 Å². The van der Waals surface area contributed by atoms with Crippen molar-refractivity contribution < 1.29 is 9.59 Å². The fourth-order valence-electron chi connectivity index (χ4n) is 0. The Morgan fingerprint density at radius 2 is 1.67 bits per heavy atom. The maximum Gasteiger partial charge on any atom is 0.305 e. The molecule has 1 amide bonds. The van der Waals surface area contributed by atoms with Crippen LogP contribution < -0.4 is 5.73 Å². The summed E-state index contributed by atoms with van der Waals surface area (Å²) in [6, 6.07) is 0. The summed E-state index contributed by atoms with van der Waals surface area (Å²) in [5.74, 6) is -1.84. The Bertz CT molecular complexity index is 74.8. The molecule has 0 unspecified atom stereocenters. The SMILES string of the molecule is CC(=O)C([NH])=O. The Morgan fingerprint density at radius 3 is 1.67 bits per heavy atom. The number of rotatable bonds is 1. The second kappa shape index (κ2) is 1.55. The topological polar surface area (TPSA) is 57.9 Å². The standard InChI is InChI=1S/C3H4NO2/c1-2(5)3(4)6/h4H,1H3. The van der Waals surface area contributed by atoms with Gasteiger partial charge in [-0.25, -0.2) is 0 Å². The molecule has 6 heavy (non-hydrogen) atoms. The summed E-state index contributed by atoms with van der Waals surface area (Å²) in [6.07, 6.45) is 0. The lowest BCUT2D eigenvalue weighted by Crippen LogP contribution is -2.08. The van der Waals surface area contributed by atoms with Gasteiger partial charge in [-0.3, -0.25) is 15.3 Å². The molecule has 0 spiro atoms. The van der Waals surface area contributed by atoms with Crippen LogP contribution in [-0.2, 0) is 9.59 Å². The van der Waals surface area contributed by atoms with Crippen LogP contribution in [0.25, 0.3) is 0 Å². The quantitative estimate of drug-likeness (QED) is 0.399. The summed E-state index contributed by atoms with van der Waals surface area (Å²) in [7, 11) is 0. The van der Waals surface area contributed by atoms with E-state index in [-0.39, 0.29) is 0 Å². The highest BCUT2D eigenvalue weighted by Gasteiger charge is 1.97. The molecule has 0 aliphatic heterocycles. The molecule has 3 nitrogen and oxygen atoms in total. The van der Waals surface area contributed by atoms with E-state index in [4.69, 9.17) is 5.73 Å². The normalized spacial score (nSPS) is 7.50. The molecule has 3 heteroatoms. The van der Waals surface area contributed by atoms with Gasteiger partial charge in [0.2, 0.25) is 5.78 Å².